The van der Waals surface area contributed by atoms with Crippen molar-refractivity contribution < 1.29 is 14.7 Å². The number of hydrogen-bond donors (Lipinski definition) is 2. The molecule has 0 unspecified atom stereocenters. The van der Waals surface area contributed by atoms with E-state index < -0.39 is 11.4 Å². The highest BCUT2D eigenvalue weighted by atomic mass is 16.4. The molecule has 1 rings (SSSR count). The van der Waals surface area contributed by atoms with Crippen molar-refractivity contribution in [1.29, 1.82) is 0 Å². The lowest BCUT2D eigenvalue weighted by Gasteiger charge is -2.23. The summed E-state index contributed by atoms with van der Waals surface area (Å²) >= 11 is 0. The molecule has 0 aliphatic rings. The molecule has 1 aromatic carbocycles. The Kier molecular flexibility index (Phi) is 5.10. The van der Waals surface area contributed by atoms with Crippen LogP contribution in [-0.4, -0.2) is 17.0 Å². The quantitative estimate of drug-likeness (QED) is 0.829. The zero-order chi connectivity index (χ0) is 14.5. The van der Waals surface area contributed by atoms with Gasteiger partial charge in [0.2, 0.25) is 5.91 Å². The first kappa shape index (κ1) is 15.2. The van der Waals surface area contributed by atoms with Gasteiger partial charge in [-0.25, -0.2) is 0 Å². The molecule has 4 heteroatoms. The minimum atomic E-state index is -0.881. The third kappa shape index (κ3) is 5.55. The van der Waals surface area contributed by atoms with E-state index in [0.717, 1.165) is 5.56 Å². The van der Waals surface area contributed by atoms with Crippen LogP contribution >= 0.6 is 0 Å². The summed E-state index contributed by atoms with van der Waals surface area (Å²) < 4.78 is 0. The highest BCUT2D eigenvalue weighted by Gasteiger charge is 2.25. The van der Waals surface area contributed by atoms with Crippen LogP contribution in [0.2, 0.25) is 0 Å². The third-order valence-corrected chi connectivity index (χ3v) is 2.95. The van der Waals surface area contributed by atoms with E-state index in [2.05, 4.69) is 5.32 Å². The second-order valence-corrected chi connectivity index (χ2v) is 5.61. The van der Waals surface area contributed by atoms with Gasteiger partial charge in [-0.15, -0.1) is 0 Å². The van der Waals surface area contributed by atoms with E-state index in [0.29, 0.717) is 0 Å². The maximum Gasteiger partial charge on any atom is 0.303 e. The van der Waals surface area contributed by atoms with E-state index in [1.54, 1.807) is 13.8 Å². The van der Waals surface area contributed by atoms with Crippen molar-refractivity contribution in [2.75, 3.05) is 0 Å². The molecule has 1 atom stereocenters. The lowest BCUT2D eigenvalue weighted by molar-refractivity contribution is -0.139. The van der Waals surface area contributed by atoms with E-state index in [4.69, 9.17) is 5.11 Å². The molecule has 0 aliphatic carbocycles. The Bertz CT molecular complexity index is 440. The topological polar surface area (TPSA) is 66.4 Å². The van der Waals surface area contributed by atoms with E-state index >= 15 is 0 Å². The molecular weight excluding hydrogens is 242 g/mol. The zero-order valence-corrected chi connectivity index (χ0v) is 11.6. The van der Waals surface area contributed by atoms with E-state index in [1.807, 2.05) is 37.3 Å². The van der Waals surface area contributed by atoms with E-state index in [1.165, 1.54) is 0 Å². The lowest BCUT2D eigenvalue weighted by Crippen LogP contribution is -2.31. The molecule has 19 heavy (non-hydrogen) atoms. The minimum Gasteiger partial charge on any atom is -0.481 e. The van der Waals surface area contributed by atoms with Crippen LogP contribution in [-0.2, 0) is 9.59 Å². The molecule has 0 aliphatic heterocycles. The van der Waals surface area contributed by atoms with Crippen LogP contribution in [0.4, 0.5) is 0 Å². The number of amides is 1. The van der Waals surface area contributed by atoms with Crippen LogP contribution in [0, 0.1) is 5.41 Å². The number of benzene rings is 1. The molecule has 0 bridgehead atoms. The molecule has 4 nitrogen and oxygen atoms in total. The van der Waals surface area contributed by atoms with Gasteiger partial charge in [-0.05, 0) is 17.9 Å². The number of carbonyl (C=O) groups is 2. The highest BCUT2D eigenvalue weighted by Crippen LogP contribution is 2.25. The molecule has 0 heterocycles. The van der Waals surface area contributed by atoms with Crippen molar-refractivity contribution >= 4 is 11.9 Å². The molecule has 0 saturated carbocycles. The molecule has 0 spiro atoms. The largest absolute Gasteiger partial charge is 0.481 e. The van der Waals surface area contributed by atoms with Gasteiger partial charge in [-0.2, -0.15) is 0 Å². The Morgan fingerprint density at radius 3 is 2.32 bits per heavy atom. The van der Waals surface area contributed by atoms with Crippen molar-refractivity contribution in [2.45, 2.75) is 39.7 Å². The van der Waals surface area contributed by atoms with Crippen LogP contribution in [0.5, 0.6) is 0 Å². The molecule has 104 valence electrons. The van der Waals surface area contributed by atoms with Gasteiger partial charge in [0.25, 0.3) is 0 Å². The average Bonchev–Trinajstić information content (AvgIpc) is 2.27. The maximum atomic E-state index is 11.9. The summed E-state index contributed by atoms with van der Waals surface area (Å²) in [7, 11) is 0. The smallest absolute Gasteiger partial charge is 0.303 e. The average molecular weight is 263 g/mol. The molecule has 0 saturated heterocycles. The van der Waals surface area contributed by atoms with Crippen molar-refractivity contribution in [3.63, 3.8) is 0 Å². The van der Waals surface area contributed by atoms with Gasteiger partial charge in [-0.1, -0.05) is 44.2 Å². The SMILES string of the molecule is C[C@@H](NC(=O)CC(C)(C)CC(=O)O)c1ccccc1. The molecule has 1 aromatic rings. The van der Waals surface area contributed by atoms with Crippen molar-refractivity contribution in [1.82, 2.24) is 5.32 Å². The second kappa shape index (κ2) is 6.36. The number of hydrogen-bond acceptors (Lipinski definition) is 2. The van der Waals surface area contributed by atoms with Gasteiger partial charge < -0.3 is 10.4 Å². The molecular formula is C15H21NO3. The van der Waals surface area contributed by atoms with Crippen LogP contribution in [0.15, 0.2) is 30.3 Å². The standard InChI is InChI=1S/C15H21NO3/c1-11(12-7-5-4-6-8-12)16-13(17)9-15(2,3)10-14(18)19/h4-8,11H,9-10H2,1-3H3,(H,16,17)(H,18,19)/t11-/m1/s1. The van der Waals surface area contributed by atoms with Crippen LogP contribution in [0.3, 0.4) is 0 Å². The third-order valence-electron chi connectivity index (χ3n) is 2.95. The summed E-state index contributed by atoms with van der Waals surface area (Å²) in [5.74, 6) is -1.00. The monoisotopic (exact) mass is 263 g/mol. The number of carboxylic acid groups (broad SMARTS) is 1. The predicted molar refractivity (Wildman–Crippen MR) is 73.7 cm³/mol. The first-order valence-electron chi connectivity index (χ1n) is 6.36. The normalized spacial score (nSPS) is 12.8. The molecule has 0 aromatic heterocycles. The van der Waals surface area contributed by atoms with Crippen molar-refractivity contribution in [2.24, 2.45) is 5.41 Å². The summed E-state index contributed by atoms with van der Waals surface area (Å²) in [5, 5.41) is 11.7. The molecule has 0 radical (unpaired) electrons. The van der Waals surface area contributed by atoms with Gasteiger partial charge >= 0.3 is 5.97 Å². The maximum absolute atomic E-state index is 11.9. The zero-order valence-electron chi connectivity index (χ0n) is 11.6. The van der Waals surface area contributed by atoms with E-state index in [-0.39, 0.29) is 24.8 Å². The van der Waals surface area contributed by atoms with Crippen LogP contribution in [0.1, 0.15) is 45.2 Å². The fourth-order valence-electron chi connectivity index (χ4n) is 2.02. The summed E-state index contributed by atoms with van der Waals surface area (Å²) in [6.07, 6.45) is 0.191. The Hall–Kier alpha value is -1.84. The molecule has 0 fully saturated rings. The number of aliphatic carboxylic acids is 1. The van der Waals surface area contributed by atoms with Crippen LogP contribution in [0.25, 0.3) is 0 Å². The minimum absolute atomic E-state index is 0.0138. The Morgan fingerprint density at radius 2 is 1.79 bits per heavy atom. The predicted octanol–water partition coefficient (Wildman–Crippen LogP) is 2.75. The summed E-state index contributed by atoms with van der Waals surface area (Å²) in [5.41, 5.74) is 0.499. The lowest BCUT2D eigenvalue weighted by atomic mass is 9.85. The molecule has 2 N–H and O–H groups in total. The molecule has 1 amide bonds. The fourth-order valence-corrected chi connectivity index (χ4v) is 2.02. The number of nitrogens with one attached hydrogen (secondary N) is 1. The van der Waals surface area contributed by atoms with Gasteiger partial charge in [-0.3, -0.25) is 9.59 Å². The number of rotatable bonds is 6. The van der Waals surface area contributed by atoms with Crippen molar-refractivity contribution in [3.05, 3.63) is 35.9 Å². The van der Waals surface area contributed by atoms with Gasteiger partial charge in [0.15, 0.2) is 0 Å². The number of carbonyl (C=O) groups excluding carboxylic acids is 1. The second-order valence-electron chi connectivity index (χ2n) is 5.61. The van der Waals surface area contributed by atoms with Gasteiger partial charge in [0.1, 0.15) is 0 Å². The van der Waals surface area contributed by atoms with Crippen LogP contribution < -0.4 is 5.32 Å². The first-order valence-corrected chi connectivity index (χ1v) is 6.36. The van der Waals surface area contributed by atoms with Gasteiger partial charge in [0.05, 0.1) is 12.5 Å². The summed E-state index contributed by atoms with van der Waals surface area (Å²) in [4.78, 5) is 22.6. The Balaban J connectivity index is 2.54. The highest BCUT2D eigenvalue weighted by molar-refractivity contribution is 5.78. The Labute approximate surface area is 113 Å². The Morgan fingerprint density at radius 1 is 1.21 bits per heavy atom. The van der Waals surface area contributed by atoms with Crippen molar-refractivity contribution in [3.8, 4) is 0 Å². The first-order chi connectivity index (χ1) is 8.80. The number of carboxylic acids is 1. The van der Waals surface area contributed by atoms with E-state index in [9.17, 15) is 9.59 Å². The fraction of sp³-hybridized carbons (Fsp3) is 0.467. The summed E-state index contributed by atoms with van der Waals surface area (Å²) in [6, 6.07) is 9.60. The summed E-state index contributed by atoms with van der Waals surface area (Å²) in [6.45, 7) is 5.49. The van der Waals surface area contributed by atoms with Gasteiger partial charge in [0, 0.05) is 6.42 Å².